The van der Waals surface area contributed by atoms with Gasteiger partial charge in [0.15, 0.2) is 0 Å². The number of nitrogens with two attached hydrogens (primary N) is 1. The summed E-state index contributed by atoms with van der Waals surface area (Å²) >= 11 is 1.34. The van der Waals surface area contributed by atoms with Crippen molar-refractivity contribution in [2.45, 2.75) is 52.2 Å². The van der Waals surface area contributed by atoms with Crippen molar-refractivity contribution in [2.75, 3.05) is 5.75 Å². The van der Waals surface area contributed by atoms with Crippen LogP contribution in [0.3, 0.4) is 0 Å². The van der Waals surface area contributed by atoms with E-state index < -0.39 is 0 Å². The maximum Gasteiger partial charge on any atom is 0.494 e. The molecule has 0 spiro atoms. The lowest BCUT2D eigenvalue weighted by atomic mass is 9.77. The van der Waals surface area contributed by atoms with Crippen molar-refractivity contribution in [3.05, 3.63) is 35.9 Å². The zero-order chi connectivity index (χ0) is 15.4. The predicted octanol–water partition coefficient (Wildman–Crippen LogP) is 3.67. The largest absolute Gasteiger partial charge is 0.494 e. The van der Waals surface area contributed by atoms with Crippen LogP contribution in [0, 0.1) is 0 Å². The fourth-order valence-corrected chi connectivity index (χ4v) is 2.24. The second-order valence-corrected chi connectivity index (χ2v) is 6.66. The van der Waals surface area contributed by atoms with Gasteiger partial charge in [-0.3, -0.25) is 5.14 Å². The molecule has 112 valence electrons. The average Bonchev–Trinajstić information content (AvgIpc) is 2.59. The zero-order valence-corrected chi connectivity index (χ0v) is 14.0. The first-order valence-electron chi connectivity index (χ1n) is 6.94. The molecule has 20 heavy (non-hydrogen) atoms. The summed E-state index contributed by atoms with van der Waals surface area (Å²) in [6.07, 6.45) is 6.87. The van der Waals surface area contributed by atoms with E-state index in [9.17, 15) is 0 Å². The summed E-state index contributed by atoms with van der Waals surface area (Å²) < 4.78 is 12.1. The lowest BCUT2D eigenvalue weighted by Gasteiger charge is -2.32. The van der Waals surface area contributed by atoms with E-state index in [-0.39, 0.29) is 18.3 Å². The molecule has 0 aliphatic carbocycles. The Morgan fingerprint density at radius 1 is 1.25 bits per heavy atom. The Morgan fingerprint density at radius 2 is 1.80 bits per heavy atom. The Morgan fingerprint density at radius 3 is 2.20 bits per heavy atom. The van der Waals surface area contributed by atoms with Crippen LogP contribution in [0.15, 0.2) is 35.9 Å². The smallest absolute Gasteiger partial charge is 0.399 e. The van der Waals surface area contributed by atoms with Gasteiger partial charge in [-0.1, -0.05) is 36.8 Å². The van der Waals surface area contributed by atoms with Gasteiger partial charge in [0.2, 0.25) is 0 Å². The van der Waals surface area contributed by atoms with E-state index in [0.717, 1.165) is 23.2 Å². The predicted molar refractivity (Wildman–Crippen MR) is 89.4 cm³/mol. The standard InChI is InChI=1S/C15H26BNO2S/c1-7-12(9-10-20-17)11-13(8-2)16-18-14(3,4)15(5,6)19-16/h7-8,11H,1,9-10,17H2,2-6H3/b12-11+,13-8+. The van der Waals surface area contributed by atoms with Crippen LogP contribution in [0.4, 0.5) is 0 Å². The first-order valence-corrected chi connectivity index (χ1v) is 7.99. The van der Waals surface area contributed by atoms with E-state index >= 15 is 0 Å². The average molecular weight is 295 g/mol. The van der Waals surface area contributed by atoms with Gasteiger partial charge in [0.1, 0.15) is 0 Å². The minimum atomic E-state index is -0.328. The Bertz CT molecular complexity index is 400. The van der Waals surface area contributed by atoms with Gasteiger partial charge >= 0.3 is 7.12 Å². The maximum atomic E-state index is 6.07. The molecular formula is C15H26BNO2S. The lowest BCUT2D eigenvalue weighted by molar-refractivity contribution is 0.00578. The molecule has 0 bridgehead atoms. The Kier molecular flexibility index (Phi) is 6.14. The summed E-state index contributed by atoms with van der Waals surface area (Å²) in [5, 5.41) is 5.48. The summed E-state index contributed by atoms with van der Waals surface area (Å²) in [7, 11) is -0.328. The van der Waals surface area contributed by atoms with E-state index in [1.807, 2.05) is 19.1 Å². The van der Waals surface area contributed by atoms with Crippen molar-refractivity contribution in [3.8, 4) is 0 Å². The monoisotopic (exact) mass is 295 g/mol. The van der Waals surface area contributed by atoms with Crippen LogP contribution in [0.5, 0.6) is 0 Å². The second-order valence-electron chi connectivity index (χ2n) is 5.92. The van der Waals surface area contributed by atoms with Crippen LogP contribution < -0.4 is 5.14 Å². The van der Waals surface area contributed by atoms with Gasteiger partial charge in [-0.25, -0.2) is 0 Å². The third kappa shape index (κ3) is 4.01. The minimum Gasteiger partial charge on any atom is -0.399 e. The summed E-state index contributed by atoms with van der Waals surface area (Å²) in [4.78, 5) is 0. The number of rotatable bonds is 6. The van der Waals surface area contributed by atoms with Gasteiger partial charge in [-0.2, -0.15) is 0 Å². The molecule has 1 aliphatic rings. The molecule has 1 heterocycles. The number of hydrogen-bond acceptors (Lipinski definition) is 4. The molecule has 0 atom stereocenters. The van der Waals surface area contributed by atoms with Crippen molar-refractivity contribution >= 4 is 19.1 Å². The molecule has 0 aromatic carbocycles. The lowest BCUT2D eigenvalue weighted by Crippen LogP contribution is -2.41. The third-order valence-electron chi connectivity index (χ3n) is 3.98. The van der Waals surface area contributed by atoms with E-state index in [4.69, 9.17) is 14.4 Å². The van der Waals surface area contributed by atoms with E-state index in [2.05, 4.69) is 40.3 Å². The van der Waals surface area contributed by atoms with Crippen molar-refractivity contribution in [2.24, 2.45) is 5.14 Å². The maximum absolute atomic E-state index is 6.07. The first kappa shape index (κ1) is 17.6. The quantitative estimate of drug-likeness (QED) is 0.461. The second kappa shape index (κ2) is 6.99. The molecule has 2 N–H and O–H groups in total. The van der Waals surface area contributed by atoms with E-state index in [1.165, 1.54) is 11.9 Å². The Hall–Kier alpha value is -0.485. The molecule has 3 nitrogen and oxygen atoms in total. The van der Waals surface area contributed by atoms with Crippen LogP contribution in [-0.4, -0.2) is 24.1 Å². The van der Waals surface area contributed by atoms with Gasteiger partial charge < -0.3 is 9.31 Å². The summed E-state index contributed by atoms with van der Waals surface area (Å²) in [5.74, 6) is 0.873. The highest BCUT2D eigenvalue weighted by atomic mass is 32.2. The van der Waals surface area contributed by atoms with Gasteiger partial charge in [-0.15, -0.1) is 0 Å². The van der Waals surface area contributed by atoms with Gasteiger partial charge in [0.25, 0.3) is 0 Å². The van der Waals surface area contributed by atoms with Crippen LogP contribution in [-0.2, 0) is 9.31 Å². The van der Waals surface area contributed by atoms with Gasteiger partial charge in [0, 0.05) is 5.75 Å². The first-order chi connectivity index (χ1) is 9.27. The molecule has 0 aromatic heterocycles. The fourth-order valence-electron chi connectivity index (χ4n) is 1.89. The highest BCUT2D eigenvalue weighted by Crippen LogP contribution is 2.38. The molecule has 5 heteroatoms. The fraction of sp³-hybridized carbons (Fsp3) is 0.600. The zero-order valence-electron chi connectivity index (χ0n) is 13.2. The molecule has 1 aliphatic heterocycles. The SMILES string of the molecule is C=C/C(=C\C(=C/C)B1OC(C)(C)C(C)(C)O1)CCSN. The van der Waals surface area contributed by atoms with E-state index in [1.54, 1.807) is 0 Å². The molecule has 0 radical (unpaired) electrons. The van der Waals surface area contributed by atoms with Crippen molar-refractivity contribution in [3.63, 3.8) is 0 Å². The van der Waals surface area contributed by atoms with Gasteiger partial charge in [0.05, 0.1) is 11.2 Å². The number of hydrogen-bond donors (Lipinski definition) is 1. The third-order valence-corrected chi connectivity index (χ3v) is 4.42. The highest BCUT2D eigenvalue weighted by Gasteiger charge is 2.51. The van der Waals surface area contributed by atoms with Gasteiger partial charge in [-0.05, 0) is 52.1 Å². The van der Waals surface area contributed by atoms with Crippen LogP contribution in [0.1, 0.15) is 41.0 Å². The van der Waals surface area contributed by atoms with Crippen molar-refractivity contribution in [1.29, 1.82) is 0 Å². The summed E-state index contributed by atoms with van der Waals surface area (Å²) in [6.45, 7) is 14.1. The topological polar surface area (TPSA) is 44.5 Å². The van der Waals surface area contributed by atoms with Crippen LogP contribution in [0.25, 0.3) is 0 Å². The molecule has 1 fully saturated rings. The van der Waals surface area contributed by atoms with Crippen LogP contribution >= 0.6 is 11.9 Å². The molecule has 1 saturated heterocycles. The normalized spacial score (nSPS) is 22.2. The molecule has 0 amide bonds. The molecule has 0 saturated carbocycles. The Labute approximate surface area is 127 Å². The Balaban J connectivity index is 2.88. The summed E-state index contributed by atoms with van der Waals surface area (Å²) in [6, 6.07) is 0. The molecule has 0 unspecified atom stereocenters. The highest BCUT2D eigenvalue weighted by molar-refractivity contribution is 7.97. The molecule has 0 aromatic rings. The minimum absolute atomic E-state index is 0.318. The summed E-state index contributed by atoms with van der Waals surface area (Å²) in [5.41, 5.74) is 1.54. The van der Waals surface area contributed by atoms with Crippen molar-refractivity contribution in [1.82, 2.24) is 0 Å². The molecule has 1 rings (SSSR count). The van der Waals surface area contributed by atoms with Crippen LogP contribution in [0.2, 0.25) is 0 Å². The van der Waals surface area contributed by atoms with Crippen molar-refractivity contribution < 1.29 is 9.31 Å². The van der Waals surface area contributed by atoms with E-state index in [0.29, 0.717) is 0 Å². The molecular weight excluding hydrogens is 269 g/mol. The number of allylic oxidation sites excluding steroid dienone is 5.